The monoisotopic (exact) mass is 293 g/mol. The first-order valence-electron chi connectivity index (χ1n) is 8.08. The minimum Gasteiger partial charge on any atom is -0.488 e. The van der Waals surface area contributed by atoms with Gasteiger partial charge in [-0.15, -0.1) is 0 Å². The summed E-state index contributed by atoms with van der Waals surface area (Å²) < 4.78 is 24.8. The van der Waals surface area contributed by atoms with E-state index >= 15 is 0 Å². The average molecular weight is 293 g/mol. The van der Waals surface area contributed by atoms with E-state index in [4.69, 9.17) is 9.47 Å². The molecule has 21 heavy (non-hydrogen) atoms. The summed E-state index contributed by atoms with van der Waals surface area (Å²) in [6.45, 7) is 2.39. The first kappa shape index (κ1) is 14.8. The van der Waals surface area contributed by atoms with Crippen LogP contribution in [0.15, 0.2) is 18.2 Å². The van der Waals surface area contributed by atoms with Crippen LogP contribution in [-0.4, -0.2) is 31.9 Å². The maximum absolute atomic E-state index is 13.1. The molecule has 1 fully saturated rings. The SMILES string of the molecule is Fc1ccc2c(c1)CC(CNCCOC1CCCCC1)O2. The molecular formula is C17H24FNO2. The number of halogens is 1. The maximum Gasteiger partial charge on any atom is 0.123 e. The van der Waals surface area contributed by atoms with Crippen LogP contribution in [-0.2, 0) is 11.2 Å². The minimum atomic E-state index is -0.188. The molecule has 1 aromatic carbocycles. The number of ether oxygens (including phenoxy) is 2. The van der Waals surface area contributed by atoms with Crippen LogP contribution in [0.1, 0.15) is 37.7 Å². The topological polar surface area (TPSA) is 30.5 Å². The maximum atomic E-state index is 13.1. The molecule has 1 heterocycles. The third-order valence-corrected chi connectivity index (χ3v) is 4.32. The zero-order valence-electron chi connectivity index (χ0n) is 12.4. The molecule has 0 spiro atoms. The molecule has 1 atom stereocenters. The fourth-order valence-electron chi connectivity index (χ4n) is 3.20. The van der Waals surface area contributed by atoms with Crippen LogP contribution in [0.25, 0.3) is 0 Å². The van der Waals surface area contributed by atoms with Gasteiger partial charge in [0.2, 0.25) is 0 Å². The van der Waals surface area contributed by atoms with Crippen molar-refractivity contribution in [1.82, 2.24) is 5.32 Å². The Labute approximate surface area is 125 Å². The van der Waals surface area contributed by atoms with Gasteiger partial charge in [-0.05, 0) is 31.0 Å². The van der Waals surface area contributed by atoms with Crippen LogP contribution in [0.4, 0.5) is 4.39 Å². The zero-order valence-corrected chi connectivity index (χ0v) is 12.4. The lowest BCUT2D eigenvalue weighted by Gasteiger charge is -2.22. The number of hydrogen-bond acceptors (Lipinski definition) is 3. The van der Waals surface area contributed by atoms with E-state index in [0.29, 0.717) is 6.10 Å². The normalized spacial score (nSPS) is 22.0. The summed E-state index contributed by atoms with van der Waals surface area (Å²) in [5.74, 6) is 0.633. The van der Waals surface area contributed by atoms with E-state index in [1.54, 1.807) is 12.1 Å². The van der Waals surface area contributed by atoms with E-state index < -0.39 is 0 Å². The largest absolute Gasteiger partial charge is 0.488 e. The first-order chi connectivity index (χ1) is 10.3. The molecule has 1 N–H and O–H groups in total. The fourth-order valence-corrected chi connectivity index (χ4v) is 3.20. The number of hydrogen-bond donors (Lipinski definition) is 1. The van der Waals surface area contributed by atoms with Crippen LogP contribution in [0, 0.1) is 5.82 Å². The standard InChI is InChI=1S/C17H24FNO2/c18-14-6-7-17-13(10-14)11-16(21-17)12-19-8-9-20-15-4-2-1-3-5-15/h6-7,10,15-16,19H,1-5,8-9,11-12H2. The van der Waals surface area contributed by atoms with E-state index in [2.05, 4.69) is 5.32 Å². The highest BCUT2D eigenvalue weighted by Crippen LogP contribution is 2.28. The Kier molecular flexibility index (Phi) is 5.09. The molecule has 4 heteroatoms. The molecule has 0 saturated heterocycles. The Hall–Kier alpha value is -1.13. The highest BCUT2D eigenvalue weighted by Gasteiger charge is 2.22. The van der Waals surface area contributed by atoms with E-state index in [1.807, 2.05) is 0 Å². The van der Waals surface area contributed by atoms with Gasteiger partial charge in [0.25, 0.3) is 0 Å². The van der Waals surface area contributed by atoms with Crippen molar-refractivity contribution >= 4 is 0 Å². The number of benzene rings is 1. The first-order valence-corrected chi connectivity index (χ1v) is 8.08. The average Bonchev–Trinajstić information content (AvgIpc) is 2.90. The Morgan fingerprint density at radius 2 is 2.10 bits per heavy atom. The van der Waals surface area contributed by atoms with Crippen LogP contribution < -0.4 is 10.1 Å². The minimum absolute atomic E-state index is 0.108. The Morgan fingerprint density at radius 1 is 1.24 bits per heavy atom. The number of fused-ring (bicyclic) bond motifs is 1. The van der Waals surface area contributed by atoms with E-state index in [-0.39, 0.29) is 11.9 Å². The van der Waals surface area contributed by atoms with E-state index in [1.165, 1.54) is 38.2 Å². The Balaban J connectivity index is 1.30. The van der Waals surface area contributed by atoms with Crippen LogP contribution in [0.5, 0.6) is 5.75 Å². The predicted molar refractivity (Wildman–Crippen MR) is 80.2 cm³/mol. The summed E-state index contributed by atoms with van der Waals surface area (Å²) in [5.41, 5.74) is 0.972. The van der Waals surface area contributed by atoms with Crippen molar-refractivity contribution < 1.29 is 13.9 Å². The van der Waals surface area contributed by atoms with Crippen molar-refractivity contribution in [1.29, 1.82) is 0 Å². The second kappa shape index (κ2) is 7.23. The third-order valence-electron chi connectivity index (χ3n) is 4.32. The van der Waals surface area contributed by atoms with Gasteiger partial charge in [-0.2, -0.15) is 0 Å². The molecule has 3 rings (SSSR count). The smallest absolute Gasteiger partial charge is 0.123 e. The summed E-state index contributed by atoms with van der Waals surface area (Å²) >= 11 is 0. The highest BCUT2D eigenvalue weighted by atomic mass is 19.1. The van der Waals surface area contributed by atoms with Crippen molar-refractivity contribution in [2.24, 2.45) is 0 Å². The molecular weight excluding hydrogens is 269 g/mol. The van der Waals surface area contributed by atoms with Gasteiger partial charge in [0, 0.05) is 25.1 Å². The van der Waals surface area contributed by atoms with Gasteiger partial charge in [-0.3, -0.25) is 0 Å². The summed E-state index contributed by atoms with van der Waals surface area (Å²) in [7, 11) is 0. The zero-order chi connectivity index (χ0) is 14.5. The molecule has 0 amide bonds. The third kappa shape index (κ3) is 4.17. The molecule has 1 aliphatic carbocycles. The lowest BCUT2D eigenvalue weighted by atomic mass is 9.98. The fraction of sp³-hybridized carbons (Fsp3) is 0.647. The van der Waals surface area contributed by atoms with Crippen LogP contribution in [0.2, 0.25) is 0 Å². The van der Waals surface area contributed by atoms with Gasteiger partial charge in [0.05, 0.1) is 12.7 Å². The highest BCUT2D eigenvalue weighted by molar-refractivity contribution is 5.37. The molecule has 1 aromatic rings. The van der Waals surface area contributed by atoms with Gasteiger partial charge in [-0.1, -0.05) is 19.3 Å². The van der Waals surface area contributed by atoms with Crippen molar-refractivity contribution in [3.8, 4) is 5.75 Å². The quantitative estimate of drug-likeness (QED) is 0.818. The van der Waals surface area contributed by atoms with Gasteiger partial charge in [0.1, 0.15) is 17.7 Å². The van der Waals surface area contributed by atoms with Crippen LogP contribution >= 0.6 is 0 Å². The summed E-state index contributed by atoms with van der Waals surface area (Å²) in [5, 5.41) is 3.37. The molecule has 2 aliphatic rings. The van der Waals surface area contributed by atoms with Gasteiger partial charge < -0.3 is 14.8 Å². The summed E-state index contributed by atoms with van der Waals surface area (Å²) in [6.07, 6.45) is 7.76. The van der Waals surface area contributed by atoms with Gasteiger partial charge >= 0.3 is 0 Å². The number of rotatable bonds is 6. The molecule has 0 bridgehead atoms. The Bertz CT molecular complexity index is 460. The van der Waals surface area contributed by atoms with E-state index in [9.17, 15) is 4.39 Å². The lowest BCUT2D eigenvalue weighted by Crippen LogP contribution is -2.33. The summed E-state index contributed by atoms with van der Waals surface area (Å²) in [4.78, 5) is 0. The van der Waals surface area contributed by atoms with Crippen LogP contribution in [0.3, 0.4) is 0 Å². The molecule has 3 nitrogen and oxygen atoms in total. The second-order valence-electron chi connectivity index (χ2n) is 6.03. The molecule has 1 unspecified atom stereocenters. The predicted octanol–water partition coefficient (Wildman–Crippen LogP) is 3.07. The van der Waals surface area contributed by atoms with Crippen molar-refractivity contribution in [3.05, 3.63) is 29.6 Å². The van der Waals surface area contributed by atoms with Crippen molar-refractivity contribution in [3.63, 3.8) is 0 Å². The van der Waals surface area contributed by atoms with Crippen molar-refractivity contribution in [2.75, 3.05) is 19.7 Å². The second-order valence-corrected chi connectivity index (χ2v) is 6.03. The molecule has 0 aromatic heterocycles. The lowest BCUT2D eigenvalue weighted by molar-refractivity contribution is 0.0296. The molecule has 0 radical (unpaired) electrons. The summed E-state index contributed by atoms with van der Waals surface area (Å²) in [6, 6.07) is 4.74. The molecule has 116 valence electrons. The van der Waals surface area contributed by atoms with E-state index in [0.717, 1.165) is 37.4 Å². The Morgan fingerprint density at radius 3 is 2.95 bits per heavy atom. The van der Waals surface area contributed by atoms with Gasteiger partial charge in [0.15, 0.2) is 0 Å². The number of nitrogens with one attached hydrogen (secondary N) is 1. The molecule has 1 aliphatic heterocycles. The van der Waals surface area contributed by atoms with Gasteiger partial charge in [-0.25, -0.2) is 4.39 Å². The molecule has 1 saturated carbocycles. The van der Waals surface area contributed by atoms with Crippen molar-refractivity contribution in [2.45, 2.75) is 50.7 Å².